The predicted molar refractivity (Wildman–Crippen MR) is 80.6 cm³/mol. The lowest BCUT2D eigenvalue weighted by Crippen LogP contribution is -2.51. The summed E-state index contributed by atoms with van der Waals surface area (Å²) < 4.78 is 5.26. The van der Waals surface area contributed by atoms with E-state index in [1.54, 1.807) is 7.11 Å². The van der Waals surface area contributed by atoms with Gasteiger partial charge in [0.2, 0.25) is 5.91 Å². The van der Waals surface area contributed by atoms with Crippen LogP contribution in [0.15, 0.2) is 0 Å². The molecule has 20 heavy (non-hydrogen) atoms. The smallest absolute Gasteiger partial charge is 0.228 e. The Hall–Kier alpha value is -0.610. The number of ether oxygens (including phenoxy) is 1. The number of rotatable bonds is 4. The molecule has 2 rings (SSSR count). The summed E-state index contributed by atoms with van der Waals surface area (Å²) in [6, 6.07) is 0. The van der Waals surface area contributed by atoms with E-state index >= 15 is 0 Å². The topological polar surface area (TPSA) is 41.6 Å². The Morgan fingerprint density at radius 3 is 2.80 bits per heavy atom. The molecule has 1 N–H and O–H groups in total. The van der Waals surface area contributed by atoms with Crippen LogP contribution >= 0.6 is 0 Å². The number of likely N-dealkylation sites (tertiary alicyclic amines) is 1. The lowest BCUT2D eigenvalue weighted by molar-refractivity contribution is -0.146. The summed E-state index contributed by atoms with van der Waals surface area (Å²) in [5, 5.41) is 3.44. The number of nitrogens with zero attached hydrogens (tertiary/aromatic N) is 1. The highest BCUT2D eigenvalue weighted by atomic mass is 16.5. The van der Waals surface area contributed by atoms with Gasteiger partial charge in [0.25, 0.3) is 0 Å². The molecule has 4 heteroatoms. The van der Waals surface area contributed by atoms with Crippen LogP contribution in [-0.2, 0) is 9.53 Å². The summed E-state index contributed by atoms with van der Waals surface area (Å²) in [7, 11) is 1.75. The van der Waals surface area contributed by atoms with Gasteiger partial charge in [-0.1, -0.05) is 13.8 Å². The minimum absolute atomic E-state index is 0.248. The highest BCUT2D eigenvalue weighted by Gasteiger charge is 2.40. The molecule has 4 nitrogen and oxygen atoms in total. The van der Waals surface area contributed by atoms with E-state index in [1.165, 1.54) is 19.3 Å². The van der Waals surface area contributed by atoms with E-state index in [0.29, 0.717) is 17.7 Å². The van der Waals surface area contributed by atoms with Crippen molar-refractivity contribution in [2.45, 2.75) is 39.5 Å². The fourth-order valence-corrected chi connectivity index (χ4v) is 3.67. The molecule has 2 saturated heterocycles. The summed E-state index contributed by atoms with van der Waals surface area (Å²) >= 11 is 0. The number of carbonyl (C=O) groups excluding carboxylic acids is 1. The summed E-state index contributed by atoms with van der Waals surface area (Å²) in [5.41, 5.74) is -0.248. The summed E-state index contributed by atoms with van der Waals surface area (Å²) in [6.45, 7) is 8.91. The Kier molecular flexibility index (Phi) is 5.44. The van der Waals surface area contributed by atoms with Gasteiger partial charge in [-0.3, -0.25) is 4.79 Å². The van der Waals surface area contributed by atoms with Crippen LogP contribution < -0.4 is 5.32 Å². The zero-order valence-corrected chi connectivity index (χ0v) is 13.3. The van der Waals surface area contributed by atoms with Gasteiger partial charge in [0.05, 0.1) is 6.61 Å². The maximum Gasteiger partial charge on any atom is 0.228 e. The first-order valence-electron chi connectivity index (χ1n) is 8.04. The molecule has 2 aliphatic rings. The highest BCUT2D eigenvalue weighted by molar-refractivity contribution is 5.82. The highest BCUT2D eigenvalue weighted by Crippen LogP contribution is 2.34. The summed E-state index contributed by atoms with van der Waals surface area (Å²) in [6.07, 6.45) is 4.65. The molecule has 0 aromatic carbocycles. The second-order valence-electron chi connectivity index (χ2n) is 6.98. The van der Waals surface area contributed by atoms with Crippen molar-refractivity contribution in [3.63, 3.8) is 0 Å². The fourth-order valence-electron chi connectivity index (χ4n) is 3.67. The molecule has 0 bridgehead atoms. The van der Waals surface area contributed by atoms with Gasteiger partial charge in [-0.25, -0.2) is 0 Å². The van der Waals surface area contributed by atoms with Crippen LogP contribution in [0.1, 0.15) is 39.5 Å². The predicted octanol–water partition coefficient (Wildman–Crippen LogP) is 1.90. The Morgan fingerprint density at radius 1 is 1.35 bits per heavy atom. The third-order valence-corrected chi connectivity index (χ3v) is 5.08. The van der Waals surface area contributed by atoms with E-state index in [2.05, 4.69) is 24.1 Å². The Balaban J connectivity index is 1.97. The molecule has 0 saturated carbocycles. The number of carbonyl (C=O) groups is 1. The van der Waals surface area contributed by atoms with E-state index < -0.39 is 0 Å². The van der Waals surface area contributed by atoms with Crippen LogP contribution in [0.25, 0.3) is 0 Å². The first kappa shape index (κ1) is 15.8. The molecule has 2 heterocycles. The van der Waals surface area contributed by atoms with Gasteiger partial charge in [-0.15, -0.1) is 0 Å². The van der Waals surface area contributed by atoms with E-state index in [4.69, 9.17) is 4.74 Å². The molecule has 0 spiro atoms. The fraction of sp³-hybridized carbons (Fsp3) is 0.938. The van der Waals surface area contributed by atoms with Crippen molar-refractivity contribution in [3.8, 4) is 0 Å². The maximum atomic E-state index is 12.9. The van der Waals surface area contributed by atoms with Crippen LogP contribution in [0, 0.1) is 17.3 Å². The summed E-state index contributed by atoms with van der Waals surface area (Å²) in [4.78, 5) is 15.0. The van der Waals surface area contributed by atoms with Gasteiger partial charge in [-0.05, 0) is 50.6 Å². The second-order valence-corrected chi connectivity index (χ2v) is 6.98. The van der Waals surface area contributed by atoms with Crippen molar-refractivity contribution in [1.82, 2.24) is 10.2 Å². The molecule has 0 aromatic heterocycles. The lowest BCUT2D eigenvalue weighted by Gasteiger charge is -2.42. The van der Waals surface area contributed by atoms with E-state index in [0.717, 1.165) is 39.2 Å². The monoisotopic (exact) mass is 282 g/mol. The number of methoxy groups -OCH3 is 1. The average Bonchev–Trinajstić information content (AvgIpc) is 2.48. The van der Waals surface area contributed by atoms with Crippen molar-refractivity contribution in [2.75, 3.05) is 39.9 Å². The van der Waals surface area contributed by atoms with E-state index in [9.17, 15) is 4.79 Å². The number of hydrogen-bond donors (Lipinski definition) is 1. The lowest BCUT2D eigenvalue weighted by atomic mass is 9.73. The second kappa shape index (κ2) is 6.90. The maximum absolute atomic E-state index is 12.9. The van der Waals surface area contributed by atoms with Crippen LogP contribution in [0.2, 0.25) is 0 Å². The zero-order valence-electron chi connectivity index (χ0n) is 13.3. The molecule has 0 radical (unpaired) electrons. The van der Waals surface area contributed by atoms with Crippen LogP contribution in [0.3, 0.4) is 0 Å². The van der Waals surface area contributed by atoms with Crippen molar-refractivity contribution in [1.29, 1.82) is 0 Å². The molecule has 2 aliphatic heterocycles. The van der Waals surface area contributed by atoms with Crippen molar-refractivity contribution < 1.29 is 9.53 Å². The normalized spacial score (nSPS) is 28.4. The standard InChI is InChI=1S/C16H30N2O2/c1-16(2,14-7-4-8-17-10-14)15(19)18-9-5-6-13(11-18)12-20-3/h13-14,17H,4-12H2,1-3H3. The minimum Gasteiger partial charge on any atom is -0.384 e. The van der Waals surface area contributed by atoms with Crippen LogP contribution in [0.5, 0.6) is 0 Å². The van der Waals surface area contributed by atoms with Gasteiger partial charge in [0, 0.05) is 25.6 Å². The average molecular weight is 282 g/mol. The Bertz CT molecular complexity index is 322. The van der Waals surface area contributed by atoms with Crippen molar-refractivity contribution >= 4 is 5.91 Å². The van der Waals surface area contributed by atoms with Gasteiger partial charge in [-0.2, -0.15) is 0 Å². The number of hydrogen-bond acceptors (Lipinski definition) is 3. The van der Waals surface area contributed by atoms with Gasteiger partial charge in [0.1, 0.15) is 0 Å². The number of amides is 1. The van der Waals surface area contributed by atoms with E-state index in [1.807, 2.05) is 0 Å². The van der Waals surface area contributed by atoms with Crippen LogP contribution in [-0.4, -0.2) is 50.7 Å². The van der Waals surface area contributed by atoms with Crippen molar-refractivity contribution in [2.24, 2.45) is 17.3 Å². The molecule has 2 atom stereocenters. The Labute approximate surface area is 123 Å². The first-order chi connectivity index (χ1) is 9.55. The van der Waals surface area contributed by atoms with Gasteiger partial charge >= 0.3 is 0 Å². The van der Waals surface area contributed by atoms with Gasteiger partial charge < -0.3 is 15.0 Å². The molecule has 2 fully saturated rings. The Morgan fingerprint density at radius 2 is 2.15 bits per heavy atom. The molecule has 1 amide bonds. The molecule has 0 aliphatic carbocycles. The molecule has 2 unspecified atom stereocenters. The number of piperidine rings is 2. The SMILES string of the molecule is COCC1CCCN(C(=O)C(C)(C)C2CCCNC2)C1. The minimum atomic E-state index is -0.248. The summed E-state index contributed by atoms with van der Waals surface area (Å²) in [5.74, 6) is 1.32. The number of nitrogens with one attached hydrogen (secondary N) is 1. The van der Waals surface area contributed by atoms with Crippen LogP contribution in [0.4, 0.5) is 0 Å². The third-order valence-electron chi connectivity index (χ3n) is 5.08. The molecular formula is C16H30N2O2. The van der Waals surface area contributed by atoms with Crippen molar-refractivity contribution in [3.05, 3.63) is 0 Å². The molecule has 0 aromatic rings. The van der Waals surface area contributed by atoms with E-state index in [-0.39, 0.29) is 5.41 Å². The first-order valence-corrected chi connectivity index (χ1v) is 8.04. The molecule has 116 valence electrons. The largest absolute Gasteiger partial charge is 0.384 e. The van der Waals surface area contributed by atoms with Gasteiger partial charge in [0.15, 0.2) is 0 Å². The zero-order chi connectivity index (χ0) is 14.6. The quantitative estimate of drug-likeness (QED) is 0.856. The molecular weight excluding hydrogens is 252 g/mol. The third kappa shape index (κ3) is 3.53.